The molecule has 4 rings (SSSR count). The zero-order valence-corrected chi connectivity index (χ0v) is 15.8. The number of nitrogens with one attached hydrogen (secondary N) is 2. The van der Waals surface area contributed by atoms with Gasteiger partial charge in [-0.15, -0.1) is 0 Å². The van der Waals surface area contributed by atoms with Gasteiger partial charge < -0.3 is 10.4 Å². The van der Waals surface area contributed by atoms with E-state index in [1.54, 1.807) is 18.6 Å². The Balaban J connectivity index is 1.54. The van der Waals surface area contributed by atoms with Crippen LogP contribution in [0.2, 0.25) is 0 Å². The van der Waals surface area contributed by atoms with Crippen molar-refractivity contribution in [2.45, 2.75) is 38.3 Å². The summed E-state index contributed by atoms with van der Waals surface area (Å²) >= 11 is 0. The summed E-state index contributed by atoms with van der Waals surface area (Å²) in [5.74, 6) is 0.118. The Hall–Kier alpha value is -2.99. The second-order valence-electron chi connectivity index (χ2n) is 7.55. The molecule has 3 N–H and O–H groups in total. The monoisotopic (exact) mass is 376 g/mol. The zero-order chi connectivity index (χ0) is 19.5. The molecule has 2 aromatic heterocycles. The summed E-state index contributed by atoms with van der Waals surface area (Å²) < 4.78 is 0. The molecule has 1 aliphatic carbocycles. The molecule has 1 aliphatic rings. The average molecular weight is 376 g/mol. The van der Waals surface area contributed by atoms with Crippen molar-refractivity contribution >= 4 is 5.91 Å². The number of aliphatic hydroxyl groups excluding tert-OH is 1. The van der Waals surface area contributed by atoms with Gasteiger partial charge in [-0.1, -0.05) is 23.8 Å². The third-order valence-corrected chi connectivity index (χ3v) is 5.43. The first-order valence-corrected chi connectivity index (χ1v) is 9.58. The number of H-pyrrole nitrogens is 1. The molecule has 1 aromatic carbocycles. The van der Waals surface area contributed by atoms with Gasteiger partial charge in [0.1, 0.15) is 0 Å². The van der Waals surface area contributed by atoms with Crippen molar-refractivity contribution < 1.29 is 9.90 Å². The normalized spacial score (nSPS) is 19.6. The van der Waals surface area contributed by atoms with Crippen molar-refractivity contribution in [3.63, 3.8) is 0 Å². The molecule has 0 bridgehead atoms. The number of aromatic amines is 1. The lowest BCUT2D eigenvalue weighted by Crippen LogP contribution is -2.48. The summed E-state index contributed by atoms with van der Waals surface area (Å²) in [7, 11) is 0. The smallest absolute Gasteiger partial charge is 0.255 e. The SMILES string of the molecule is Cc1cccc(-c2[nH]ncc2C(=O)N[C@H](Cc2ccncc2)C2CC(O)C2)c1. The van der Waals surface area contributed by atoms with Crippen LogP contribution in [0.25, 0.3) is 11.3 Å². The first kappa shape index (κ1) is 18.4. The molecule has 2 heterocycles. The minimum absolute atomic E-state index is 0.0430. The molecule has 1 fully saturated rings. The molecule has 0 radical (unpaired) electrons. The molecule has 144 valence electrons. The number of pyridine rings is 1. The highest BCUT2D eigenvalue weighted by Gasteiger charge is 2.35. The summed E-state index contributed by atoms with van der Waals surface area (Å²) in [5, 5.41) is 20.0. The number of aliphatic hydroxyl groups is 1. The molecular weight excluding hydrogens is 352 g/mol. The van der Waals surface area contributed by atoms with E-state index < -0.39 is 0 Å². The number of amides is 1. The van der Waals surface area contributed by atoms with Crippen molar-refractivity contribution in [3.8, 4) is 11.3 Å². The van der Waals surface area contributed by atoms with Crippen LogP contribution in [0.1, 0.15) is 34.3 Å². The predicted molar refractivity (Wildman–Crippen MR) is 107 cm³/mol. The molecule has 1 amide bonds. The van der Waals surface area contributed by atoms with E-state index in [0.717, 1.165) is 22.4 Å². The fraction of sp³-hybridized carbons (Fsp3) is 0.318. The van der Waals surface area contributed by atoms with E-state index >= 15 is 0 Å². The van der Waals surface area contributed by atoms with Crippen LogP contribution >= 0.6 is 0 Å². The van der Waals surface area contributed by atoms with E-state index in [9.17, 15) is 9.90 Å². The molecule has 0 unspecified atom stereocenters. The number of benzene rings is 1. The number of aromatic nitrogens is 3. The van der Waals surface area contributed by atoms with Crippen molar-refractivity contribution in [1.82, 2.24) is 20.5 Å². The largest absolute Gasteiger partial charge is 0.393 e. The van der Waals surface area contributed by atoms with Gasteiger partial charge >= 0.3 is 0 Å². The lowest BCUT2D eigenvalue weighted by Gasteiger charge is -2.38. The Kier molecular flexibility index (Phi) is 5.21. The standard InChI is InChI=1S/C22H24N4O2/c1-14-3-2-4-16(9-14)21-19(13-24-26-21)22(28)25-20(17-11-18(27)12-17)10-15-5-7-23-8-6-15/h2-9,13,17-18,20,27H,10-12H2,1H3,(H,24,26)(H,25,28)/t17?,18?,20-/m1/s1. The third kappa shape index (κ3) is 3.97. The van der Waals surface area contributed by atoms with Crippen molar-refractivity contribution in [2.24, 2.45) is 5.92 Å². The number of rotatable bonds is 6. The minimum atomic E-state index is -0.265. The van der Waals surface area contributed by atoms with Gasteiger partial charge in [0.25, 0.3) is 5.91 Å². The fourth-order valence-corrected chi connectivity index (χ4v) is 3.79. The molecule has 0 saturated heterocycles. The number of aryl methyl sites for hydroxylation is 1. The van der Waals surface area contributed by atoms with Gasteiger partial charge in [0, 0.05) is 24.0 Å². The van der Waals surface area contributed by atoms with E-state index in [0.29, 0.717) is 24.8 Å². The van der Waals surface area contributed by atoms with Gasteiger partial charge in [-0.05, 0) is 55.9 Å². The molecular formula is C22H24N4O2. The van der Waals surface area contributed by atoms with Gasteiger partial charge in [-0.3, -0.25) is 14.9 Å². The highest BCUT2D eigenvalue weighted by molar-refractivity contribution is 6.00. The van der Waals surface area contributed by atoms with Crippen LogP contribution in [0.3, 0.4) is 0 Å². The Morgan fingerprint density at radius 3 is 2.79 bits per heavy atom. The van der Waals surface area contributed by atoms with Crippen LogP contribution in [-0.2, 0) is 6.42 Å². The molecule has 1 atom stereocenters. The van der Waals surface area contributed by atoms with Gasteiger partial charge in [-0.2, -0.15) is 5.10 Å². The Morgan fingerprint density at radius 2 is 2.07 bits per heavy atom. The molecule has 0 aliphatic heterocycles. The number of hydrogen-bond donors (Lipinski definition) is 3. The summed E-state index contributed by atoms with van der Waals surface area (Å²) in [6.07, 6.45) is 6.97. The number of carbonyl (C=O) groups excluding carboxylic acids is 1. The highest BCUT2D eigenvalue weighted by atomic mass is 16.3. The first-order valence-electron chi connectivity index (χ1n) is 9.58. The minimum Gasteiger partial charge on any atom is -0.393 e. The van der Waals surface area contributed by atoms with E-state index in [4.69, 9.17) is 0 Å². The lowest BCUT2D eigenvalue weighted by atomic mass is 9.75. The summed E-state index contributed by atoms with van der Waals surface area (Å²) in [5.41, 5.74) is 4.43. The Bertz CT molecular complexity index is 948. The fourth-order valence-electron chi connectivity index (χ4n) is 3.79. The van der Waals surface area contributed by atoms with E-state index in [2.05, 4.69) is 20.5 Å². The number of nitrogens with zero attached hydrogens (tertiary/aromatic N) is 2. The molecule has 6 heteroatoms. The number of carbonyl (C=O) groups is 1. The molecule has 6 nitrogen and oxygen atoms in total. The Labute approximate surface area is 164 Å². The van der Waals surface area contributed by atoms with Crippen molar-refractivity contribution in [2.75, 3.05) is 0 Å². The molecule has 3 aromatic rings. The van der Waals surface area contributed by atoms with Crippen LogP contribution in [-0.4, -0.2) is 38.3 Å². The van der Waals surface area contributed by atoms with Gasteiger partial charge in [0.05, 0.1) is 23.6 Å². The second-order valence-corrected chi connectivity index (χ2v) is 7.55. The van der Waals surface area contributed by atoms with Crippen molar-refractivity contribution in [3.05, 3.63) is 71.7 Å². The highest BCUT2D eigenvalue weighted by Crippen LogP contribution is 2.32. The van der Waals surface area contributed by atoms with E-state index in [1.165, 1.54) is 0 Å². The van der Waals surface area contributed by atoms with Crippen molar-refractivity contribution in [1.29, 1.82) is 0 Å². The molecule has 28 heavy (non-hydrogen) atoms. The number of hydrogen-bond acceptors (Lipinski definition) is 4. The van der Waals surface area contributed by atoms with Crippen LogP contribution in [0.5, 0.6) is 0 Å². The second kappa shape index (κ2) is 7.94. The van der Waals surface area contributed by atoms with Crippen LogP contribution in [0, 0.1) is 12.8 Å². The maximum absolute atomic E-state index is 13.1. The van der Waals surface area contributed by atoms with E-state index in [1.807, 2.05) is 43.3 Å². The molecule has 1 saturated carbocycles. The van der Waals surface area contributed by atoms with Gasteiger partial charge in [0.2, 0.25) is 0 Å². The lowest BCUT2D eigenvalue weighted by molar-refractivity contribution is 0.0239. The quantitative estimate of drug-likeness (QED) is 0.617. The first-order chi connectivity index (χ1) is 13.6. The van der Waals surface area contributed by atoms with Crippen LogP contribution in [0.4, 0.5) is 0 Å². The predicted octanol–water partition coefficient (Wildman–Crippen LogP) is 2.89. The average Bonchev–Trinajstić information content (AvgIpc) is 3.16. The van der Waals surface area contributed by atoms with Crippen LogP contribution in [0.15, 0.2) is 55.0 Å². The third-order valence-electron chi connectivity index (χ3n) is 5.43. The maximum atomic E-state index is 13.1. The molecule has 0 spiro atoms. The Morgan fingerprint density at radius 1 is 1.29 bits per heavy atom. The topological polar surface area (TPSA) is 90.9 Å². The maximum Gasteiger partial charge on any atom is 0.255 e. The van der Waals surface area contributed by atoms with Crippen LogP contribution < -0.4 is 5.32 Å². The van der Waals surface area contributed by atoms with Gasteiger partial charge in [0.15, 0.2) is 0 Å². The summed E-state index contributed by atoms with van der Waals surface area (Å²) in [6.45, 7) is 2.02. The van der Waals surface area contributed by atoms with E-state index in [-0.39, 0.29) is 24.0 Å². The summed E-state index contributed by atoms with van der Waals surface area (Å²) in [4.78, 5) is 17.1. The summed E-state index contributed by atoms with van der Waals surface area (Å²) in [6, 6.07) is 11.9. The van der Waals surface area contributed by atoms with Gasteiger partial charge in [-0.25, -0.2) is 0 Å². The zero-order valence-electron chi connectivity index (χ0n) is 15.8.